The van der Waals surface area contributed by atoms with E-state index in [0.717, 1.165) is 31.3 Å². The first kappa shape index (κ1) is 17.4. The van der Waals surface area contributed by atoms with Crippen LogP contribution in [0, 0.1) is 0 Å². The van der Waals surface area contributed by atoms with Gasteiger partial charge in [-0.2, -0.15) is 0 Å². The van der Waals surface area contributed by atoms with Crippen LogP contribution in [0.15, 0.2) is 11.6 Å². The molecule has 0 amide bonds. The minimum atomic E-state index is -1.62. The van der Waals surface area contributed by atoms with E-state index >= 15 is 0 Å². The van der Waals surface area contributed by atoms with E-state index in [2.05, 4.69) is 4.74 Å². The largest absolute Gasteiger partial charge is 0.466 e. The van der Waals surface area contributed by atoms with E-state index in [4.69, 9.17) is 24.1 Å². The maximum Gasteiger partial charge on any atom is 0.418 e. The van der Waals surface area contributed by atoms with Crippen molar-refractivity contribution in [2.24, 2.45) is 0 Å². The zero-order valence-electron chi connectivity index (χ0n) is 13.3. The lowest BCUT2D eigenvalue weighted by molar-refractivity contribution is -0.658. The number of aliphatic hydroxyl groups is 1. The van der Waals surface area contributed by atoms with Gasteiger partial charge >= 0.3 is 12.1 Å². The lowest BCUT2D eigenvalue weighted by atomic mass is 9.91. The molecule has 126 valence electrons. The van der Waals surface area contributed by atoms with Crippen molar-refractivity contribution < 1.29 is 33.6 Å². The molecule has 0 radical (unpaired) electrons. The van der Waals surface area contributed by atoms with Crippen LogP contribution < -0.4 is 0 Å². The van der Waals surface area contributed by atoms with E-state index in [0.29, 0.717) is 0 Å². The first-order valence-electron chi connectivity index (χ1n) is 7.51. The Morgan fingerprint density at radius 2 is 2.14 bits per heavy atom. The lowest BCUT2D eigenvalue weighted by Crippen LogP contribution is -2.64. The van der Waals surface area contributed by atoms with Gasteiger partial charge < -0.3 is 14.6 Å². The van der Waals surface area contributed by atoms with Crippen molar-refractivity contribution in [3.05, 3.63) is 11.6 Å². The highest BCUT2D eigenvalue weighted by atomic mass is 17.1. The molecule has 2 rings (SSSR count). The normalized spacial score (nSPS) is 28.2. The molecule has 1 heterocycles. The van der Waals surface area contributed by atoms with E-state index < -0.39 is 17.9 Å². The molecule has 2 aliphatic rings. The van der Waals surface area contributed by atoms with Gasteiger partial charge in [-0.1, -0.05) is 6.42 Å². The Hall–Kier alpha value is -0.990. The monoisotopic (exact) mass is 316 g/mol. The van der Waals surface area contributed by atoms with Crippen molar-refractivity contribution >= 4 is 5.97 Å². The van der Waals surface area contributed by atoms with E-state index in [9.17, 15) is 4.79 Å². The summed E-state index contributed by atoms with van der Waals surface area (Å²) < 4.78 is 27.1. The smallest absolute Gasteiger partial charge is 0.418 e. The van der Waals surface area contributed by atoms with Crippen molar-refractivity contribution in [1.82, 2.24) is 0 Å². The average molecular weight is 316 g/mol. The summed E-state index contributed by atoms with van der Waals surface area (Å²) in [6, 6.07) is 0. The Bertz CT molecular complexity index is 422. The van der Waals surface area contributed by atoms with Gasteiger partial charge in [0, 0.05) is 6.08 Å². The summed E-state index contributed by atoms with van der Waals surface area (Å²) in [6.07, 6.45) is 2.93. The van der Waals surface area contributed by atoms with Gasteiger partial charge in [0.15, 0.2) is 5.79 Å². The van der Waals surface area contributed by atoms with Crippen LogP contribution in [0.5, 0.6) is 0 Å². The highest BCUT2D eigenvalue weighted by Crippen LogP contribution is 2.42. The third kappa shape index (κ3) is 4.27. The maximum atomic E-state index is 11.5. The molecule has 1 saturated heterocycles. The van der Waals surface area contributed by atoms with Crippen LogP contribution in [0.25, 0.3) is 0 Å². The molecule has 0 aromatic carbocycles. The predicted molar refractivity (Wildman–Crippen MR) is 75.5 cm³/mol. The molecule has 1 unspecified atom stereocenters. The molecule has 22 heavy (non-hydrogen) atoms. The van der Waals surface area contributed by atoms with E-state index in [1.165, 1.54) is 13.2 Å². The average Bonchev–Trinajstić information content (AvgIpc) is 2.45. The van der Waals surface area contributed by atoms with Crippen molar-refractivity contribution in [1.29, 1.82) is 0 Å². The van der Waals surface area contributed by atoms with Gasteiger partial charge in [0.2, 0.25) is 0 Å². The van der Waals surface area contributed by atoms with Crippen LogP contribution in [0.2, 0.25) is 0 Å². The van der Waals surface area contributed by atoms with Crippen LogP contribution in [0.1, 0.15) is 39.5 Å². The molecule has 7 heteroatoms. The SMILES string of the molecule is COC(=O)/C=C1\CCCCC1OC1(OCCO)OC(C)(C)O1. The van der Waals surface area contributed by atoms with Gasteiger partial charge in [0.1, 0.15) is 0 Å². The number of hydrogen-bond donors (Lipinski definition) is 1. The molecule has 1 saturated carbocycles. The first-order chi connectivity index (χ1) is 10.4. The van der Waals surface area contributed by atoms with E-state index in [1.54, 1.807) is 13.8 Å². The topological polar surface area (TPSA) is 83.5 Å². The number of esters is 1. The number of carbonyl (C=O) groups excluding carboxylic acids is 1. The fourth-order valence-corrected chi connectivity index (χ4v) is 2.61. The van der Waals surface area contributed by atoms with Crippen LogP contribution in [0.4, 0.5) is 0 Å². The van der Waals surface area contributed by atoms with Crippen molar-refractivity contribution in [3.8, 4) is 0 Å². The molecule has 2 fully saturated rings. The van der Waals surface area contributed by atoms with Gasteiger partial charge in [-0.15, -0.1) is 0 Å². The molecule has 0 bridgehead atoms. The summed E-state index contributed by atoms with van der Waals surface area (Å²) in [7, 11) is 1.34. The van der Waals surface area contributed by atoms with Crippen LogP contribution in [-0.4, -0.2) is 49.4 Å². The Morgan fingerprint density at radius 3 is 2.73 bits per heavy atom. The lowest BCUT2D eigenvalue weighted by Gasteiger charge is -2.51. The minimum Gasteiger partial charge on any atom is -0.466 e. The van der Waals surface area contributed by atoms with Gasteiger partial charge in [-0.3, -0.25) is 14.2 Å². The fourth-order valence-electron chi connectivity index (χ4n) is 2.61. The maximum absolute atomic E-state index is 11.5. The summed E-state index contributed by atoms with van der Waals surface area (Å²) in [5.41, 5.74) is 0.835. The van der Waals surface area contributed by atoms with Crippen molar-refractivity contribution in [2.75, 3.05) is 20.3 Å². The van der Waals surface area contributed by atoms with Crippen LogP contribution in [-0.2, 0) is 28.5 Å². The Balaban J connectivity index is 2.07. The highest BCUT2D eigenvalue weighted by molar-refractivity contribution is 5.82. The van der Waals surface area contributed by atoms with Crippen molar-refractivity contribution in [2.45, 2.75) is 57.6 Å². The Labute approximate surface area is 130 Å². The zero-order chi connectivity index (χ0) is 16.2. The van der Waals surface area contributed by atoms with Gasteiger partial charge in [0.25, 0.3) is 0 Å². The molecule has 0 aromatic heterocycles. The minimum absolute atomic E-state index is 0.0266. The first-order valence-corrected chi connectivity index (χ1v) is 7.51. The van der Waals surface area contributed by atoms with E-state index in [-0.39, 0.29) is 19.3 Å². The zero-order valence-corrected chi connectivity index (χ0v) is 13.3. The third-order valence-corrected chi connectivity index (χ3v) is 3.50. The molecule has 0 aromatic rings. The highest BCUT2D eigenvalue weighted by Gasteiger charge is 2.57. The standard InChI is InChI=1S/C15H24O7/c1-14(2)21-15(22-14,19-9-8-16)20-12-7-5-4-6-11(12)10-13(17)18-3/h10,12,16H,4-9H2,1-3H3/b11-10+. The molecule has 7 nitrogen and oxygen atoms in total. The molecular weight excluding hydrogens is 292 g/mol. The summed E-state index contributed by atoms with van der Waals surface area (Å²) in [5.74, 6) is -1.22. The number of methoxy groups -OCH3 is 1. The van der Waals surface area contributed by atoms with Crippen LogP contribution in [0.3, 0.4) is 0 Å². The molecule has 0 spiro atoms. The Morgan fingerprint density at radius 1 is 1.41 bits per heavy atom. The number of hydrogen-bond acceptors (Lipinski definition) is 7. The second-order valence-electron chi connectivity index (χ2n) is 5.77. The molecule has 1 aliphatic heterocycles. The number of ether oxygens (including phenoxy) is 5. The van der Waals surface area contributed by atoms with E-state index in [1.807, 2.05) is 0 Å². The number of aliphatic hydroxyl groups excluding tert-OH is 1. The summed E-state index contributed by atoms with van der Waals surface area (Å²) in [5, 5.41) is 8.92. The Kier molecular flexibility index (Phi) is 5.57. The van der Waals surface area contributed by atoms with Gasteiger partial charge in [-0.05, 0) is 38.7 Å². The number of rotatable bonds is 6. The molecule has 1 aliphatic carbocycles. The molecule has 1 atom stereocenters. The second kappa shape index (κ2) is 7.06. The van der Waals surface area contributed by atoms with Gasteiger partial charge in [0.05, 0.1) is 26.4 Å². The third-order valence-electron chi connectivity index (χ3n) is 3.50. The molecule has 1 N–H and O–H groups in total. The van der Waals surface area contributed by atoms with Crippen molar-refractivity contribution in [3.63, 3.8) is 0 Å². The summed E-state index contributed by atoms with van der Waals surface area (Å²) in [4.78, 5) is 11.5. The van der Waals surface area contributed by atoms with Crippen LogP contribution >= 0.6 is 0 Å². The molecular formula is C15H24O7. The number of carbonyl (C=O) groups is 1. The predicted octanol–water partition coefficient (Wildman–Crippen LogP) is 1.45. The summed E-state index contributed by atoms with van der Waals surface area (Å²) >= 11 is 0. The van der Waals surface area contributed by atoms with Gasteiger partial charge in [-0.25, -0.2) is 4.79 Å². The quantitative estimate of drug-likeness (QED) is 0.451. The summed E-state index contributed by atoms with van der Waals surface area (Å²) in [6.45, 7) is 3.33. The fraction of sp³-hybridized carbons (Fsp3) is 0.800. The second-order valence-corrected chi connectivity index (χ2v) is 5.77.